The van der Waals surface area contributed by atoms with Crippen LogP contribution < -0.4 is 0 Å². The van der Waals surface area contributed by atoms with Crippen molar-refractivity contribution in [1.82, 2.24) is 14.8 Å². The molecule has 7 heteroatoms. The number of methoxy groups -OCH3 is 1. The minimum atomic E-state index is -0.291. The number of ether oxygens (including phenoxy) is 2. The second-order valence-corrected chi connectivity index (χ2v) is 5.61. The molecule has 1 aromatic carbocycles. The van der Waals surface area contributed by atoms with Crippen LogP contribution in [0.15, 0.2) is 48.1 Å². The van der Waals surface area contributed by atoms with Gasteiger partial charge in [0.25, 0.3) is 0 Å². The molecular weight excluding hydrogens is 314 g/mol. The van der Waals surface area contributed by atoms with Gasteiger partial charge in [-0.1, -0.05) is 48.2 Å². The van der Waals surface area contributed by atoms with Gasteiger partial charge in [0.1, 0.15) is 13.2 Å². The van der Waals surface area contributed by atoms with Crippen LogP contribution >= 0.6 is 11.8 Å². The van der Waals surface area contributed by atoms with E-state index in [1.165, 1.54) is 11.8 Å². The third-order valence-corrected chi connectivity index (χ3v) is 3.88. The molecule has 1 heterocycles. The van der Waals surface area contributed by atoms with Crippen LogP contribution in [0.1, 0.15) is 11.4 Å². The Hall–Kier alpha value is -2.12. The molecule has 23 heavy (non-hydrogen) atoms. The maximum atomic E-state index is 11.8. The molecule has 0 unspecified atom stereocenters. The Labute approximate surface area is 139 Å². The predicted octanol–water partition coefficient (Wildman–Crippen LogP) is 2.45. The molecule has 1 aromatic heterocycles. The van der Waals surface area contributed by atoms with E-state index in [9.17, 15) is 4.79 Å². The molecule has 0 N–H and O–H groups in total. The molecule has 0 aliphatic heterocycles. The van der Waals surface area contributed by atoms with Crippen molar-refractivity contribution in [3.8, 4) is 0 Å². The van der Waals surface area contributed by atoms with Gasteiger partial charge in [0.15, 0.2) is 11.0 Å². The maximum absolute atomic E-state index is 11.8. The van der Waals surface area contributed by atoms with Crippen molar-refractivity contribution >= 4 is 17.7 Å². The molecule has 2 aromatic rings. The van der Waals surface area contributed by atoms with Gasteiger partial charge in [0, 0.05) is 13.7 Å². The molecule has 0 bridgehead atoms. The average Bonchev–Trinajstić information content (AvgIpc) is 2.95. The fourth-order valence-electron chi connectivity index (χ4n) is 1.88. The summed E-state index contributed by atoms with van der Waals surface area (Å²) in [6.07, 6.45) is 1.75. The standard InChI is InChI=1S/C16H19N3O3S/c1-3-9-19-14(11-21-2)17-18-16(19)23-12-15(20)22-10-13-7-5-4-6-8-13/h3-8H,1,9-12H2,2H3. The summed E-state index contributed by atoms with van der Waals surface area (Å²) in [7, 11) is 1.60. The van der Waals surface area contributed by atoms with E-state index in [-0.39, 0.29) is 18.3 Å². The van der Waals surface area contributed by atoms with E-state index in [4.69, 9.17) is 9.47 Å². The first-order valence-electron chi connectivity index (χ1n) is 7.09. The number of aromatic nitrogens is 3. The van der Waals surface area contributed by atoms with Gasteiger partial charge < -0.3 is 14.0 Å². The van der Waals surface area contributed by atoms with Crippen LogP contribution in [0.25, 0.3) is 0 Å². The molecule has 0 spiro atoms. The lowest BCUT2D eigenvalue weighted by Crippen LogP contribution is -2.09. The largest absolute Gasteiger partial charge is 0.460 e. The zero-order valence-electron chi connectivity index (χ0n) is 13.0. The predicted molar refractivity (Wildman–Crippen MR) is 87.9 cm³/mol. The molecule has 2 rings (SSSR count). The summed E-state index contributed by atoms with van der Waals surface area (Å²) in [6.45, 7) is 4.91. The normalized spacial score (nSPS) is 10.5. The van der Waals surface area contributed by atoms with E-state index in [0.717, 1.165) is 5.56 Å². The molecule has 0 amide bonds. The van der Waals surface area contributed by atoms with Crippen molar-refractivity contribution in [2.24, 2.45) is 0 Å². The first-order chi connectivity index (χ1) is 11.2. The summed E-state index contributed by atoms with van der Waals surface area (Å²) in [4.78, 5) is 11.8. The monoisotopic (exact) mass is 333 g/mol. The summed E-state index contributed by atoms with van der Waals surface area (Å²) in [5.41, 5.74) is 0.961. The highest BCUT2D eigenvalue weighted by Crippen LogP contribution is 2.18. The van der Waals surface area contributed by atoms with Crippen LogP contribution in [0.4, 0.5) is 0 Å². The Balaban J connectivity index is 1.87. The van der Waals surface area contributed by atoms with Crippen LogP contribution in [-0.2, 0) is 34.0 Å². The highest BCUT2D eigenvalue weighted by Gasteiger charge is 2.13. The molecule has 0 saturated carbocycles. The van der Waals surface area contributed by atoms with Crippen molar-refractivity contribution in [1.29, 1.82) is 0 Å². The molecule has 0 radical (unpaired) electrons. The maximum Gasteiger partial charge on any atom is 0.316 e. The van der Waals surface area contributed by atoms with Crippen molar-refractivity contribution < 1.29 is 14.3 Å². The fourth-order valence-corrected chi connectivity index (χ4v) is 2.64. The number of esters is 1. The fraction of sp³-hybridized carbons (Fsp3) is 0.312. The molecule has 0 atom stereocenters. The van der Waals surface area contributed by atoms with Gasteiger partial charge in [-0.15, -0.1) is 16.8 Å². The van der Waals surface area contributed by atoms with E-state index < -0.39 is 0 Å². The van der Waals surface area contributed by atoms with Crippen molar-refractivity contribution in [2.75, 3.05) is 12.9 Å². The number of allylic oxidation sites excluding steroid dienone is 1. The lowest BCUT2D eigenvalue weighted by Gasteiger charge is -2.07. The highest BCUT2D eigenvalue weighted by molar-refractivity contribution is 7.99. The summed E-state index contributed by atoms with van der Waals surface area (Å²) in [5, 5.41) is 8.79. The molecular formula is C16H19N3O3S. The first-order valence-corrected chi connectivity index (χ1v) is 8.07. The Bertz CT molecular complexity index is 643. The molecule has 122 valence electrons. The summed E-state index contributed by atoms with van der Waals surface area (Å²) < 4.78 is 12.2. The molecule has 0 saturated heterocycles. The zero-order valence-corrected chi connectivity index (χ0v) is 13.8. The van der Waals surface area contributed by atoms with E-state index >= 15 is 0 Å². The van der Waals surface area contributed by atoms with Gasteiger partial charge in [0.05, 0.1) is 5.75 Å². The molecule has 0 aliphatic rings. The second kappa shape index (κ2) is 9.12. The van der Waals surface area contributed by atoms with Gasteiger partial charge in [-0.25, -0.2) is 0 Å². The number of carbonyl (C=O) groups is 1. The summed E-state index contributed by atoms with van der Waals surface area (Å²) >= 11 is 1.29. The average molecular weight is 333 g/mol. The van der Waals surface area contributed by atoms with Crippen molar-refractivity contribution in [2.45, 2.75) is 24.9 Å². The first kappa shape index (κ1) is 17.2. The number of benzene rings is 1. The van der Waals surface area contributed by atoms with Crippen LogP contribution in [0.3, 0.4) is 0 Å². The van der Waals surface area contributed by atoms with Crippen LogP contribution in [0, 0.1) is 0 Å². The van der Waals surface area contributed by atoms with Crippen molar-refractivity contribution in [3.63, 3.8) is 0 Å². The summed E-state index contributed by atoms with van der Waals surface area (Å²) in [5.74, 6) is 0.586. The summed E-state index contributed by atoms with van der Waals surface area (Å²) in [6, 6.07) is 9.57. The number of thioether (sulfide) groups is 1. The van der Waals surface area contributed by atoms with E-state index in [1.54, 1.807) is 13.2 Å². The van der Waals surface area contributed by atoms with Gasteiger partial charge in [-0.3, -0.25) is 4.79 Å². The lowest BCUT2D eigenvalue weighted by molar-refractivity contribution is -0.141. The van der Waals surface area contributed by atoms with E-state index in [2.05, 4.69) is 16.8 Å². The van der Waals surface area contributed by atoms with Gasteiger partial charge in [-0.2, -0.15) is 0 Å². The number of hydrogen-bond donors (Lipinski definition) is 0. The van der Waals surface area contributed by atoms with Crippen LogP contribution in [-0.4, -0.2) is 33.6 Å². The smallest absolute Gasteiger partial charge is 0.316 e. The van der Waals surface area contributed by atoms with Crippen LogP contribution in [0.5, 0.6) is 0 Å². The van der Waals surface area contributed by atoms with Crippen molar-refractivity contribution in [3.05, 3.63) is 54.4 Å². The lowest BCUT2D eigenvalue weighted by atomic mass is 10.2. The Kier molecular flexibility index (Phi) is 6.83. The third kappa shape index (κ3) is 5.22. The van der Waals surface area contributed by atoms with E-state index in [1.807, 2.05) is 34.9 Å². The Morgan fingerprint density at radius 3 is 2.78 bits per heavy atom. The number of hydrogen-bond acceptors (Lipinski definition) is 6. The number of nitrogens with zero attached hydrogens (tertiary/aromatic N) is 3. The topological polar surface area (TPSA) is 66.2 Å². The van der Waals surface area contributed by atoms with Gasteiger partial charge >= 0.3 is 5.97 Å². The van der Waals surface area contributed by atoms with Gasteiger partial charge in [0.2, 0.25) is 0 Å². The second-order valence-electron chi connectivity index (χ2n) is 4.67. The minimum absolute atomic E-state index is 0.176. The van der Waals surface area contributed by atoms with Crippen LogP contribution in [0.2, 0.25) is 0 Å². The highest BCUT2D eigenvalue weighted by atomic mass is 32.2. The number of rotatable bonds is 9. The molecule has 0 aliphatic carbocycles. The van der Waals surface area contributed by atoms with Gasteiger partial charge in [-0.05, 0) is 5.56 Å². The Morgan fingerprint density at radius 1 is 1.30 bits per heavy atom. The third-order valence-electron chi connectivity index (χ3n) is 2.94. The Morgan fingerprint density at radius 2 is 2.09 bits per heavy atom. The minimum Gasteiger partial charge on any atom is -0.460 e. The number of carbonyl (C=O) groups excluding carboxylic acids is 1. The molecule has 6 nitrogen and oxygen atoms in total. The zero-order chi connectivity index (χ0) is 16.5. The van der Waals surface area contributed by atoms with E-state index in [0.29, 0.717) is 24.1 Å². The quantitative estimate of drug-likeness (QED) is 0.399. The molecule has 0 fully saturated rings. The SMILES string of the molecule is C=CCn1c(COC)nnc1SCC(=O)OCc1ccccc1.